The summed E-state index contributed by atoms with van der Waals surface area (Å²) in [4.78, 5) is 14.7. The van der Waals surface area contributed by atoms with E-state index in [4.69, 9.17) is 21.1 Å². The Labute approximate surface area is 169 Å². The molecule has 1 aliphatic rings. The number of ether oxygens (including phenoxy) is 2. The summed E-state index contributed by atoms with van der Waals surface area (Å²) in [5.41, 5.74) is 1.18. The molecule has 1 heterocycles. The molecule has 0 bridgehead atoms. The number of rotatable bonds is 6. The number of nitrogens with one attached hydrogen (secondary N) is 1. The zero-order valence-corrected chi connectivity index (χ0v) is 16.8. The molecule has 0 aromatic heterocycles. The van der Waals surface area contributed by atoms with Gasteiger partial charge in [-0.1, -0.05) is 17.7 Å². The highest BCUT2D eigenvalue weighted by atomic mass is 35.5. The van der Waals surface area contributed by atoms with Gasteiger partial charge in [0, 0.05) is 34.8 Å². The van der Waals surface area contributed by atoms with Crippen LogP contribution in [-0.4, -0.2) is 38.1 Å². The molecular weight excluding hydrogens is 383 g/mol. The zero-order valence-electron chi connectivity index (χ0n) is 16.0. The van der Waals surface area contributed by atoms with Crippen LogP contribution in [0.1, 0.15) is 18.4 Å². The summed E-state index contributed by atoms with van der Waals surface area (Å²) in [6, 6.07) is 10.0. The number of benzene rings is 2. The Bertz CT molecular complexity index is 818. The van der Waals surface area contributed by atoms with Crippen LogP contribution in [0.4, 0.5) is 10.1 Å². The Morgan fingerprint density at radius 1 is 1.18 bits per heavy atom. The third kappa shape index (κ3) is 4.75. The second-order valence-electron chi connectivity index (χ2n) is 6.81. The van der Waals surface area contributed by atoms with Crippen molar-refractivity contribution in [3.8, 4) is 11.5 Å². The molecule has 2 aromatic rings. The highest BCUT2D eigenvalue weighted by Gasteiger charge is 2.26. The maximum Gasteiger partial charge on any atom is 0.227 e. The summed E-state index contributed by atoms with van der Waals surface area (Å²) >= 11 is 6.11. The van der Waals surface area contributed by atoms with E-state index in [1.807, 2.05) is 0 Å². The quantitative estimate of drug-likeness (QED) is 0.775. The van der Waals surface area contributed by atoms with E-state index in [1.165, 1.54) is 6.07 Å². The molecule has 1 N–H and O–H groups in total. The largest absolute Gasteiger partial charge is 0.493 e. The van der Waals surface area contributed by atoms with E-state index in [0.717, 1.165) is 0 Å². The minimum Gasteiger partial charge on any atom is -0.493 e. The topological polar surface area (TPSA) is 50.8 Å². The van der Waals surface area contributed by atoms with Crippen LogP contribution in [0.3, 0.4) is 0 Å². The van der Waals surface area contributed by atoms with Crippen LogP contribution in [0.25, 0.3) is 0 Å². The SMILES string of the molecule is COc1ccc(NC(=O)C2CCN(Cc3c(F)cccc3Cl)CC2)cc1OC. The molecule has 150 valence electrons. The van der Waals surface area contributed by atoms with Crippen molar-refractivity contribution in [1.29, 1.82) is 0 Å². The Morgan fingerprint density at radius 2 is 1.89 bits per heavy atom. The number of carbonyl (C=O) groups excluding carboxylic acids is 1. The van der Waals surface area contributed by atoms with E-state index in [2.05, 4.69) is 10.2 Å². The van der Waals surface area contributed by atoms with E-state index < -0.39 is 0 Å². The van der Waals surface area contributed by atoms with Crippen LogP contribution >= 0.6 is 11.6 Å². The Kier molecular flexibility index (Phi) is 6.75. The van der Waals surface area contributed by atoms with E-state index >= 15 is 0 Å². The highest BCUT2D eigenvalue weighted by Crippen LogP contribution is 2.30. The standard InChI is InChI=1S/C21H24ClFN2O3/c1-27-19-7-6-15(12-20(19)28-2)24-21(26)14-8-10-25(11-9-14)13-16-17(22)4-3-5-18(16)23/h3-7,12,14H,8-11,13H2,1-2H3,(H,24,26). The molecule has 2 aromatic carbocycles. The third-order valence-corrected chi connectivity index (χ3v) is 5.41. The monoisotopic (exact) mass is 406 g/mol. The summed E-state index contributed by atoms with van der Waals surface area (Å²) in [6.07, 6.45) is 1.43. The van der Waals surface area contributed by atoms with Gasteiger partial charge in [-0.2, -0.15) is 0 Å². The summed E-state index contributed by atoms with van der Waals surface area (Å²) < 4.78 is 24.5. The van der Waals surface area contributed by atoms with Gasteiger partial charge in [-0.15, -0.1) is 0 Å². The summed E-state index contributed by atoms with van der Waals surface area (Å²) in [5, 5.41) is 3.38. The van der Waals surface area contributed by atoms with Crippen molar-refractivity contribution in [1.82, 2.24) is 4.90 Å². The lowest BCUT2D eigenvalue weighted by atomic mass is 9.95. The fourth-order valence-corrected chi connectivity index (χ4v) is 3.64. The number of carbonyl (C=O) groups is 1. The van der Waals surface area contributed by atoms with Gasteiger partial charge in [0.2, 0.25) is 5.91 Å². The van der Waals surface area contributed by atoms with E-state index in [9.17, 15) is 9.18 Å². The van der Waals surface area contributed by atoms with Gasteiger partial charge >= 0.3 is 0 Å². The molecule has 0 aliphatic carbocycles. The first-order valence-corrected chi connectivity index (χ1v) is 9.57. The van der Waals surface area contributed by atoms with E-state index in [0.29, 0.717) is 60.2 Å². The lowest BCUT2D eigenvalue weighted by molar-refractivity contribution is -0.121. The molecule has 0 radical (unpaired) electrons. The van der Waals surface area contributed by atoms with E-state index in [1.54, 1.807) is 44.6 Å². The molecule has 3 rings (SSSR count). The van der Waals surface area contributed by atoms with Gasteiger partial charge in [-0.25, -0.2) is 4.39 Å². The molecule has 0 saturated carbocycles. The Balaban J connectivity index is 1.55. The van der Waals surface area contributed by atoms with Crippen LogP contribution in [0.2, 0.25) is 5.02 Å². The molecule has 1 aliphatic heterocycles. The second-order valence-corrected chi connectivity index (χ2v) is 7.22. The highest BCUT2D eigenvalue weighted by molar-refractivity contribution is 6.31. The molecule has 0 unspecified atom stereocenters. The molecule has 7 heteroatoms. The van der Waals surface area contributed by atoms with Crippen LogP contribution in [0.15, 0.2) is 36.4 Å². The van der Waals surface area contributed by atoms with Crippen LogP contribution in [0, 0.1) is 11.7 Å². The fourth-order valence-electron chi connectivity index (χ4n) is 3.42. The predicted octanol–water partition coefficient (Wildman–Crippen LogP) is 4.35. The van der Waals surface area contributed by atoms with Gasteiger partial charge in [-0.3, -0.25) is 9.69 Å². The Hall–Kier alpha value is -2.31. The van der Waals surface area contributed by atoms with Gasteiger partial charge in [-0.05, 0) is 50.2 Å². The normalized spacial score (nSPS) is 15.3. The van der Waals surface area contributed by atoms with E-state index in [-0.39, 0.29) is 17.6 Å². The third-order valence-electron chi connectivity index (χ3n) is 5.05. The van der Waals surface area contributed by atoms with Gasteiger partial charge < -0.3 is 14.8 Å². The van der Waals surface area contributed by atoms with Crippen LogP contribution in [-0.2, 0) is 11.3 Å². The lowest BCUT2D eigenvalue weighted by Gasteiger charge is -2.31. The lowest BCUT2D eigenvalue weighted by Crippen LogP contribution is -2.38. The molecule has 1 saturated heterocycles. The number of methoxy groups -OCH3 is 2. The number of amides is 1. The van der Waals surface area contributed by atoms with Crippen molar-refractivity contribution >= 4 is 23.2 Å². The van der Waals surface area contributed by atoms with Gasteiger partial charge in [0.05, 0.1) is 14.2 Å². The summed E-state index contributed by atoms with van der Waals surface area (Å²) in [5.74, 6) is 0.787. The predicted molar refractivity (Wildman–Crippen MR) is 108 cm³/mol. The van der Waals surface area contributed by atoms with Crippen molar-refractivity contribution in [2.24, 2.45) is 5.92 Å². The molecular formula is C21H24ClFN2O3. The zero-order chi connectivity index (χ0) is 20.1. The number of hydrogen-bond donors (Lipinski definition) is 1. The molecule has 1 amide bonds. The van der Waals surface area contributed by atoms with Crippen LogP contribution < -0.4 is 14.8 Å². The van der Waals surface area contributed by atoms with Crippen molar-refractivity contribution in [3.05, 3.63) is 52.8 Å². The molecule has 1 fully saturated rings. The Morgan fingerprint density at radius 3 is 2.54 bits per heavy atom. The molecule has 28 heavy (non-hydrogen) atoms. The van der Waals surface area contributed by atoms with Crippen molar-refractivity contribution in [2.45, 2.75) is 19.4 Å². The first-order valence-electron chi connectivity index (χ1n) is 9.20. The minimum absolute atomic E-state index is 0.0178. The number of anilines is 1. The van der Waals surface area contributed by atoms with Crippen molar-refractivity contribution in [3.63, 3.8) is 0 Å². The maximum absolute atomic E-state index is 14.0. The first-order chi connectivity index (χ1) is 13.5. The first kappa shape index (κ1) is 20.4. The van der Waals surface area contributed by atoms with Crippen molar-refractivity contribution in [2.75, 3.05) is 32.6 Å². The number of hydrogen-bond acceptors (Lipinski definition) is 4. The maximum atomic E-state index is 14.0. The minimum atomic E-state index is -0.291. The van der Waals surface area contributed by atoms with Crippen molar-refractivity contribution < 1.29 is 18.7 Å². The molecule has 0 atom stereocenters. The number of nitrogens with zero attached hydrogens (tertiary/aromatic N) is 1. The molecule has 0 spiro atoms. The summed E-state index contributed by atoms with van der Waals surface area (Å²) in [6.45, 7) is 1.89. The van der Waals surface area contributed by atoms with Crippen LogP contribution in [0.5, 0.6) is 11.5 Å². The average Bonchev–Trinajstić information content (AvgIpc) is 2.71. The summed E-state index contributed by atoms with van der Waals surface area (Å²) in [7, 11) is 3.12. The number of likely N-dealkylation sites (tertiary alicyclic amines) is 1. The second kappa shape index (κ2) is 9.26. The van der Waals surface area contributed by atoms with Gasteiger partial charge in [0.15, 0.2) is 11.5 Å². The number of halogens is 2. The smallest absolute Gasteiger partial charge is 0.227 e. The van der Waals surface area contributed by atoms with Gasteiger partial charge in [0.1, 0.15) is 5.82 Å². The average molecular weight is 407 g/mol. The van der Waals surface area contributed by atoms with Gasteiger partial charge in [0.25, 0.3) is 0 Å². The molecule has 5 nitrogen and oxygen atoms in total. The fraction of sp³-hybridized carbons (Fsp3) is 0.381. The number of piperidine rings is 1.